The van der Waals surface area contributed by atoms with E-state index in [9.17, 15) is 4.79 Å². The number of carbonyl (C=O) groups excluding carboxylic acids is 1. The van der Waals surface area contributed by atoms with Crippen molar-refractivity contribution in [3.05, 3.63) is 63.0 Å². The van der Waals surface area contributed by atoms with Crippen LogP contribution in [-0.4, -0.2) is 20.5 Å². The fraction of sp³-hybridized carbons (Fsp3) is 0.381. The lowest BCUT2D eigenvalue weighted by Crippen LogP contribution is -2.32. The lowest BCUT2D eigenvalue weighted by Gasteiger charge is -2.26. The lowest BCUT2D eigenvalue weighted by molar-refractivity contribution is 0.0930. The monoisotopic (exact) mass is 424 g/mol. The summed E-state index contributed by atoms with van der Waals surface area (Å²) in [6.45, 7) is 1.95. The van der Waals surface area contributed by atoms with Crippen molar-refractivity contribution in [2.24, 2.45) is 0 Å². The standard InChI is InChI=1S/C21H21BrN4O/c1-12-18(22)20-23-11-16(19(14-9-10-14)26(20)25-12)21(27)24-17-8-4-6-13-5-2-3-7-15(13)17/h2-3,5,7,11,14,17H,4,6,8-10H2,1H3,(H,24,27). The van der Waals surface area contributed by atoms with E-state index in [0.29, 0.717) is 11.5 Å². The summed E-state index contributed by atoms with van der Waals surface area (Å²) in [7, 11) is 0. The van der Waals surface area contributed by atoms with Crippen LogP contribution in [0.15, 0.2) is 34.9 Å². The highest BCUT2D eigenvalue weighted by Gasteiger charge is 2.33. The molecular formula is C21H21BrN4O. The maximum atomic E-state index is 13.2. The number of amides is 1. The number of fused-ring (bicyclic) bond motifs is 2. The zero-order valence-electron chi connectivity index (χ0n) is 15.2. The van der Waals surface area contributed by atoms with Gasteiger partial charge >= 0.3 is 0 Å². The Labute approximate surface area is 166 Å². The molecule has 1 atom stereocenters. The van der Waals surface area contributed by atoms with E-state index in [4.69, 9.17) is 0 Å². The molecule has 1 amide bonds. The average molecular weight is 425 g/mol. The molecule has 3 aromatic rings. The average Bonchev–Trinajstić information content (AvgIpc) is 3.48. The molecule has 0 saturated heterocycles. The molecule has 2 aliphatic carbocycles. The zero-order valence-corrected chi connectivity index (χ0v) is 16.8. The summed E-state index contributed by atoms with van der Waals surface area (Å²) >= 11 is 3.57. The van der Waals surface area contributed by atoms with E-state index in [-0.39, 0.29) is 11.9 Å². The molecule has 27 heavy (non-hydrogen) atoms. The number of carbonyl (C=O) groups is 1. The predicted molar refractivity (Wildman–Crippen MR) is 107 cm³/mol. The molecule has 1 N–H and O–H groups in total. The number of hydrogen-bond acceptors (Lipinski definition) is 3. The number of rotatable bonds is 3. The van der Waals surface area contributed by atoms with Crippen LogP contribution in [0.1, 0.15) is 70.5 Å². The minimum Gasteiger partial charge on any atom is -0.345 e. The molecule has 5 nitrogen and oxygen atoms in total. The topological polar surface area (TPSA) is 59.3 Å². The van der Waals surface area contributed by atoms with Gasteiger partial charge in [0.25, 0.3) is 5.91 Å². The number of nitrogens with zero attached hydrogens (tertiary/aromatic N) is 3. The van der Waals surface area contributed by atoms with Crippen molar-refractivity contribution in [1.29, 1.82) is 0 Å². The van der Waals surface area contributed by atoms with Gasteiger partial charge in [-0.2, -0.15) is 5.10 Å². The summed E-state index contributed by atoms with van der Waals surface area (Å²) in [4.78, 5) is 17.7. The summed E-state index contributed by atoms with van der Waals surface area (Å²) in [5, 5.41) is 7.90. The Balaban J connectivity index is 1.53. The number of aryl methyl sites for hydroxylation is 2. The van der Waals surface area contributed by atoms with Gasteiger partial charge in [0.2, 0.25) is 0 Å². The minimum atomic E-state index is -0.0442. The third-order valence-corrected chi connectivity index (χ3v) is 6.60. The van der Waals surface area contributed by atoms with E-state index in [1.807, 2.05) is 11.4 Å². The largest absolute Gasteiger partial charge is 0.345 e. The molecule has 0 aliphatic heterocycles. The molecule has 138 valence electrons. The van der Waals surface area contributed by atoms with Crippen LogP contribution in [0.3, 0.4) is 0 Å². The second kappa shape index (κ2) is 6.44. The molecule has 2 aromatic heterocycles. The molecule has 2 aliphatic rings. The minimum absolute atomic E-state index is 0.0442. The van der Waals surface area contributed by atoms with Crippen molar-refractivity contribution in [3.63, 3.8) is 0 Å². The summed E-state index contributed by atoms with van der Waals surface area (Å²) < 4.78 is 2.76. The van der Waals surface area contributed by atoms with Crippen LogP contribution >= 0.6 is 15.9 Å². The Kier molecular flexibility index (Phi) is 4.04. The van der Waals surface area contributed by atoms with Crippen LogP contribution < -0.4 is 5.32 Å². The van der Waals surface area contributed by atoms with Crippen molar-refractivity contribution < 1.29 is 4.79 Å². The van der Waals surface area contributed by atoms with Gasteiger partial charge in [-0.05, 0) is 66.1 Å². The normalized spacial score (nSPS) is 19.1. The lowest BCUT2D eigenvalue weighted by atomic mass is 9.87. The summed E-state index contributed by atoms with van der Waals surface area (Å²) in [5.74, 6) is 0.346. The zero-order chi connectivity index (χ0) is 18.5. The van der Waals surface area contributed by atoms with E-state index in [1.165, 1.54) is 11.1 Å². The van der Waals surface area contributed by atoms with Gasteiger partial charge in [-0.1, -0.05) is 24.3 Å². The van der Waals surface area contributed by atoms with E-state index in [1.54, 1.807) is 6.20 Å². The number of benzene rings is 1. The van der Waals surface area contributed by atoms with Crippen LogP contribution in [0.25, 0.3) is 5.65 Å². The third kappa shape index (κ3) is 2.87. The van der Waals surface area contributed by atoms with Gasteiger partial charge in [-0.3, -0.25) is 4.79 Å². The van der Waals surface area contributed by atoms with Gasteiger partial charge in [0.15, 0.2) is 5.65 Å². The van der Waals surface area contributed by atoms with E-state index >= 15 is 0 Å². The summed E-state index contributed by atoms with van der Waals surface area (Å²) in [6, 6.07) is 8.49. The molecule has 5 rings (SSSR count). The molecule has 0 radical (unpaired) electrons. The number of nitrogens with one attached hydrogen (secondary N) is 1. The van der Waals surface area contributed by atoms with E-state index in [2.05, 4.69) is 55.6 Å². The van der Waals surface area contributed by atoms with Gasteiger partial charge < -0.3 is 5.32 Å². The highest BCUT2D eigenvalue weighted by Crippen LogP contribution is 2.42. The first kappa shape index (κ1) is 16.9. The highest BCUT2D eigenvalue weighted by molar-refractivity contribution is 9.10. The summed E-state index contributed by atoms with van der Waals surface area (Å²) in [6.07, 6.45) is 7.08. The van der Waals surface area contributed by atoms with Crippen LogP contribution in [0.4, 0.5) is 0 Å². The van der Waals surface area contributed by atoms with Crippen LogP contribution in [0, 0.1) is 6.92 Å². The number of hydrogen-bond donors (Lipinski definition) is 1. The van der Waals surface area contributed by atoms with Crippen molar-refractivity contribution in [1.82, 2.24) is 19.9 Å². The van der Waals surface area contributed by atoms with Crippen LogP contribution in [0.5, 0.6) is 0 Å². The molecule has 0 bridgehead atoms. The van der Waals surface area contributed by atoms with Crippen molar-refractivity contribution in [3.8, 4) is 0 Å². The van der Waals surface area contributed by atoms with Crippen molar-refractivity contribution in [2.45, 2.75) is 51.0 Å². The number of halogens is 1. The van der Waals surface area contributed by atoms with Crippen LogP contribution in [0.2, 0.25) is 0 Å². The second-order valence-corrected chi connectivity index (χ2v) is 8.38. The molecular weight excluding hydrogens is 404 g/mol. The Morgan fingerprint density at radius 3 is 2.89 bits per heavy atom. The molecule has 1 unspecified atom stereocenters. The maximum absolute atomic E-state index is 13.2. The predicted octanol–water partition coefficient (Wildman–Crippen LogP) is 4.49. The third-order valence-electron chi connectivity index (χ3n) is 5.67. The Bertz CT molecular complexity index is 1050. The Morgan fingerprint density at radius 1 is 1.26 bits per heavy atom. The highest BCUT2D eigenvalue weighted by atomic mass is 79.9. The van der Waals surface area contributed by atoms with Gasteiger partial charge in [0, 0.05) is 12.1 Å². The smallest absolute Gasteiger partial charge is 0.255 e. The van der Waals surface area contributed by atoms with Gasteiger partial charge in [-0.25, -0.2) is 9.50 Å². The van der Waals surface area contributed by atoms with E-state index in [0.717, 1.165) is 53.6 Å². The fourth-order valence-corrected chi connectivity index (χ4v) is 4.50. The SMILES string of the molecule is Cc1nn2c(C3CC3)c(C(=O)NC3CCCc4ccccc43)cnc2c1Br. The Hall–Kier alpha value is -2.21. The quantitative estimate of drug-likeness (QED) is 0.673. The fourth-order valence-electron chi connectivity index (χ4n) is 4.15. The molecule has 1 saturated carbocycles. The Morgan fingerprint density at radius 2 is 2.07 bits per heavy atom. The molecule has 1 aromatic carbocycles. The maximum Gasteiger partial charge on any atom is 0.255 e. The first-order valence-corrected chi connectivity index (χ1v) is 10.3. The molecule has 0 spiro atoms. The van der Waals surface area contributed by atoms with Gasteiger partial charge in [0.1, 0.15) is 0 Å². The summed E-state index contributed by atoms with van der Waals surface area (Å²) in [5.41, 5.74) is 5.92. The molecule has 6 heteroatoms. The van der Waals surface area contributed by atoms with Gasteiger partial charge in [-0.15, -0.1) is 0 Å². The van der Waals surface area contributed by atoms with E-state index < -0.39 is 0 Å². The number of aromatic nitrogens is 3. The first-order valence-electron chi connectivity index (χ1n) is 9.56. The van der Waals surface area contributed by atoms with Crippen molar-refractivity contribution in [2.75, 3.05) is 0 Å². The molecule has 1 fully saturated rings. The van der Waals surface area contributed by atoms with Crippen LogP contribution in [-0.2, 0) is 6.42 Å². The second-order valence-electron chi connectivity index (χ2n) is 7.58. The van der Waals surface area contributed by atoms with Crippen molar-refractivity contribution >= 4 is 27.5 Å². The first-order chi connectivity index (χ1) is 13.1. The molecule has 2 heterocycles. The van der Waals surface area contributed by atoms with Gasteiger partial charge in [0.05, 0.1) is 27.5 Å².